The van der Waals surface area contributed by atoms with Gasteiger partial charge in [0.15, 0.2) is 12.4 Å². The summed E-state index contributed by atoms with van der Waals surface area (Å²) in [5.41, 5.74) is 0. The van der Waals surface area contributed by atoms with Gasteiger partial charge in [-0.15, -0.1) is 0 Å². The second kappa shape index (κ2) is 7.75. The highest BCUT2D eigenvalue weighted by Crippen LogP contribution is 2.32. The maximum Gasteiger partial charge on any atom is 0.258 e. The number of rotatable bonds is 4. The molecule has 1 N–H and O–H groups in total. The molecule has 0 saturated heterocycles. The van der Waals surface area contributed by atoms with Gasteiger partial charge in [0.05, 0.1) is 10.0 Å². The van der Waals surface area contributed by atoms with Crippen LogP contribution in [0.2, 0.25) is 10.0 Å². The molecule has 1 aliphatic rings. The molecule has 1 fully saturated rings. The second-order valence-corrected chi connectivity index (χ2v) is 5.91. The number of hydrogen-bond acceptors (Lipinski definition) is 2. The summed E-state index contributed by atoms with van der Waals surface area (Å²) in [5.74, 6) is 0.250. The van der Waals surface area contributed by atoms with Crippen LogP contribution in [0.5, 0.6) is 5.75 Å². The Kier molecular flexibility index (Phi) is 5.99. The normalized spacial score (nSPS) is 16.5. The van der Waals surface area contributed by atoms with Gasteiger partial charge < -0.3 is 10.1 Å². The van der Waals surface area contributed by atoms with Crippen molar-refractivity contribution in [2.45, 2.75) is 44.6 Å². The molecule has 0 bridgehead atoms. The van der Waals surface area contributed by atoms with Crippen molar-refractivity contribution < 1.29 is 9.53 Å². The molecule has 1 saturated carbocycles. The van der Waals surface area contributed by atoms with E-state index >= 15 is 0 Å². The smallest absolute Gasteiger partial charge is 0.258 e. The number of nitrogens with one attached hydrogen (secondary N) is 1. The van der Waals surface area contributed by atoms with Crippen molar-refractivity contribution in [2.24, 2.45) is 0 Å². The lowest BCUT2D eigenvalue weighted by atomic mass is 10.1. The number of ether oxygens (including phenoxy) is 1. The Hall–Kier alpha value is -0.930. The lowest BCUT2D eigenvalue weighted by Crippen LogP contribution is -2.37. The minimum Gasteiger partial charge on any atom is -0.481 e. The van der Waals surface area contributed by atoms with E-state index in [0.717, 1.165) is 12.8 Å². The Morgan fingerprint density at radius 2 is 1.75 bits per heavy atom. The molecule has 1 aromatic rings. The molecule has 2 rings (SSSR count). The van der Waals surface area contributed by atoms with Gasteiger partial charge >= 0.3 is 0 Å². The molecule has 0 atom stereocenters. The third-order valence-corrected chi connectivity index (χ3v) is 4.08. The number of para-hydroxylation sites is 1. The highest BCUT2D eigenvalue weighted by molar-refractivity contribution is 6.37. The Balaban J connectivity index is 1.82. The van der Waals surface area contributed by atoms with Crippen molar-refractivity contribution in [1.29, 1.82) is 0 Å². The zero-order valence-electron chi connectivity index (χ0n) is 11.3. The highest BCUT2D eigenvalue weighted by Gasteiger charge is 2.15. The van der Waals surface area contributed by atoms with Crippen molar-refractivity contribution >= 4 is 29.1 Å². The molecule has 0 aliphatic heterocycles. The molecular formula is C15H19Cl2NO2. The van der Waals surface area contributed by atoms with Crippen molar-refractivity contribution in [3.8, 4) is 5.75 Å². The first-order valence-corrected chi connectivity index (χ1v) is 7.78. The van der Waals surface area contributed by atoms with Gasteiger partial charge in [-0.05, 0) is 25.0 Å². The largest absolute Gasteiger partial charge is 0.481 e. The molecule has 110 valence electrons. The van der Waals surface area contributed by atoms with Crippen LogP contribution in [0.1, 0.15) is 38.5 Å². The Morgan fingerprint density at radius 3 is 2.35 bits per heavy atom. The summed E-state index contributed by atoms with van der Waals surface area (Å²) in [6.45, 7) is -0.0556. The van der Waals surface area contributed by atoms with Gasteiger partial charge in [0.2, 0.25) is 0 Å². The summed E-state index contributed by atoms with van der Waals surface area (Å²) in [4.78, 5) is 11.9. The van der Waals surface area contributed by atoms with E-state index in [0.29, 0.717) is 15.8 Å². The summed E-state index contributed by atoms with van der Waals surface area (Å²) >= 11 is 12.0. The predicted molar refractivity (Wildman–Crippen MR) is 81.6 cm³/mol. The third-order valence-electron chi connectivity index (χ3n) is 3.49. The number of benzene rings is 1. The molecule has 0 radical (unpaired) electrons. The van der Waals surface area contributed by atoms with Crippen LogP contribution in [0.25, 0.3) is 0 Å². The van der Waals surface area contributed by atoms with Crippen LogP contribution in [0.15, 0.2) is 18.2 Å². The van der Waals surface area contributed by atoms with Crippen molar-refractivity contribution in [1.82, 2.24) is 5.32 Å². The minimum atomic E-state index is -0.118. The molecule has 1 aliphatic carbocycles. The van der Waals surface area contributed by atoms with Gasteiger partial charge in [0.25, 0.3) is 5.91 Å². The van der Waals surface area contributed by atoms with E-state index in [1.165, 1.54) is 25.7 Å². The summed E-state index contributed by atoms with van der Waals surface area (Å²) < 4.78 is 5.43. The number of amides is 1. The molecule has 0 heterocycles. The Morgan fingerprint density at radius 1 is 1.15 bits per heavy atom. The van der Waals surface area contributed by atoms with Gasteiger partial charge in [-0.1, -0.05) is 55.0 Å². The Bertz CT molecular complexity index is 437. The average Bonchev–Trinajstić information content (AvgIpc) is 2.67. The average molecular weight is 316 g/mol. The molecule has 5 heteroatoms. The fraction of sp³-hybridized carbons (Fsp3) is 0.533. The SMILES string of the molecule is O=C(COc1c(Cl)cccc1Cl)NC1CCCCCC1. The first kappa shape index (κ1) is 15.5. The summed E-state index contributed by atoms with van der Waals surface area (Å²) in [6.07, 6.45) is 7.00. The van der Waals surface area contributed by atoms with Gasteiger partial charge in [-0.3, -0.25) is 4.79 Å². The van der Waals surface area contributed by atoms with E-state index < -0.39 is 0 Å². The first-order chi connectivity index (χ1) is 9.66. The maximum absolute atomic E-state index is 11.9. The van der Waals surface area contributed by atoms with Crippen LogP contribution in [0.3, 0.4) is 0 Å². The van der Waals surface area contributed by atoms with Crippen LogP contribution in [-0.2, 0) is 4.79 Å². The van der Waals surface area contributed by atoms with E-state index in [-0.39, 0.29) is 18.6 Å². The first-order valence-electron chi connectivity index (χ1n) is 7.03. The predicted octanol–water partition coefficient (Wildman–Crippen LogP) is 4.21. The molecule has 0 unspecified atom stereocenters. The van der Waals surface area contributed by atoms with Gasteiger partial charge in [-0.25, -0.2) is 0 Å². The van der Waals surface area contributed by atoms with E-state index in [4.69, 9.17) is 27.9 Å². The second-order valence-electron chi connectivity index (χ2n) is 5.10. The lowest BCUT2D eigenvalue weighted by molar-refractivity contribution is -0.123. The number of carbonyl (C=O) groups excluding carboxylic acids is 1. The number of carbonyl (C=O) groups is 1. The quantitative estimate of drug-likeness (QED) is 0.845. The number of hydrogen-bond donors (Lipinski definition) is 1. The van der Waals surface area contributed by atoms with Crippen LogP contribution in [-0.4, -0.2) is 18.6 Å². The molecule has 0 aromatic heterocycles. The van der Waals surface area contributed by atoms with Crippen molar-refractivity contribution in [3.05, 3.63) is 28.2 Å². The van der Waals surface area contributed by atoms with Crippen LogP contribution < -0.4 is 10.1 Å². The molecular weight excluding hydrogens is 297 g/mol. The fourth-order valence-corrected chi connectivity index (χ4v) is 2.96. The van der Waals surface area contributed by atoms with Crippen molar-refractivity contribution in [2.75, 3.05) is 6.61 Å². The standard InChI is InChI=1S/C15H19Cl2NO2/c16-12-8-5-9-13(17)15(12)20-10-14(19)18-11-6-3-1-2-4-7-11/h5,8-9,11H,1-4,6-7,10H2,(H,18,19). The molecule has 20 heavy (non-hydrogen) atoms. The Labute approximate surface area is 129 Å². The van der Waals surface area contributed by atoms with E-state index in [9.17, 15) is 4.79 Å². The monoisotopic (exact) mass is 315 g/mol. The fourth-order valence-electron chi connectivity index (χ4n) is 2.45. The van der Waals surface area contributed by atoms with Gasteiger partial charge in [0.1, 0.15) is 0 Å². The zero-order chi connectivity index (χ0) is 14.4. The topological polar surface area (TPSA) is 38.3 Å². The van der Waals surface area contributed by atoms with Crippen LogP contribution in [0.4, 0.5) is 0 Å². The van der Waals surface area contributed by atoms with Crippen LogP contribution >= 0.6 is 23.2 Å². The lowest BCUT2D eigenvalue weighted by Gasteiger charge is -2.16. The van der Waals surface area contributed by atoms with Gasteiger partial charge in [-0.2, -0.15) is 0 Å². The number of halogens is 2. The van der Waals surface area contributed by atoms with Crippen LogP contribution in [0, 0.1) is 0 Å². The molecule has 3 nitrogen and oxygen atoms in total. The summed E-state index contributed by atoms with van der Waals surface area (Å²) in [6, 6.07) is 5.39. The highest BCUT2D eigenvalue weighted by atomic mass is 35.5. The zero-order valence-corrected chi connectivity index (χ0v) is 12.8. The molecule has 1 aromatic carbocycles. The van der Waals surface area contributed by atoms with E-state index in [1.807, 2.05) is 0 Å². The van der Waals surface area contributed by atoms with Gasteiger partial charge in [0, 0.05) is 6.04 Å². The third kappa shape index (κ3) is 4.57. The summed E-state index contributed by atoms with van der Waals surface area (Å²) in [5, 5.41) is 3.85. The summed E-state index contributed by atoms with van der Waals surface area (Å²) in [7, 11) is 0. The maximum atomic E-state index is 11.9. The molecule has 1 amide bonds. The minimum absolute atomic E-state index is 0.0556. The van der Waals surface area contributed by atoms with E-state index in [1.54, 1.807) is 18.2 Å². The van der Waals surface area contributed by atoms with E-state index in [2.05, 4.69) is 5.32 Å². The van der Waals surface area contributed by atoms with Crippen molar-refractivity contribution in [3.63, 3.8) is 0 Å². The molecule has 0 spiro atoms.